The molecular formula is C20H17Cl2FN4O3S. The van der Waals surface area contributed by atoms with Crippen molar-refractivity contribution in [2.45, 2.75) is 4.90 Å². The second-order valence-electron chi connectivity index (χ2n) is 6.86. The number of anilines is 1. The normalized spacial score (nSPS) is 15.3. The Bertz CT molecular complexity index is 1270. The van der Waals surface area contributed by atoms with Crippen LogP contribution in [-0.4, -0.2) is 48.7 Å². The van der Waals surface area contributed by atoms with Gasteiger partial charge in [0.1, 0.15) is 10.8 Å². The zero-order chi connectivity index (χ0) is 22.2. The Morgan fingerprint density at radius 1 is 0.935 bits per heavy atom. The molecule has 0 atom stereocenters. The minimum absolute atomic E-state index is 0.0386. The molecule has 1 aliphatic rings. The number of piperazine rings is 1. The summed E-state index contributed by atoms with van der Waals surface area (Å²) in [5.41, 5.74) is 0.212. The molecule has 0 unspecified atom stereocenters. The average Bonchev–Trinajstić information content (AvgIpc) is 2.78. The van der Waals surface area contributed by atoms with Crippen molar-refractivity contribution in [3.8, 4) is 5.69 Å². The number of halogens is 3. The van der Waals surface area contributed by atoms with Crippen LogP contribution in [0.1, 0.15) is 0 Å². The van der Waals surface area contributed by atoms with Gasteiger partial charge in [-0.15, -0.1) is 0 Å². The third kappa shape index (κ3) is 4.18. The van der Waals surface area contributed by atoms with E-state index in [0.717, 1.165) is 4.68 Å². The molecule has 4 rings (SSSR count). The number of sulfonamides is 1. The third-order valence-corrected chi connectivity index (χ3v) is 7.69. The Morgan fingerprint density at radius 3 is 2.23 bits per heavy atom. The van der Waals surface area contributed by atoms with E-state index in [9.17, 15) is 17.6 Å². The van der Waals surface area contributed by atoms with Crippen LogP contribution in [0.3, 0.4) is 0 Å². The van der Waals surface area contributed by atoms with Crippen molar-refractivity contribution in [2.24, 2.45) is 0 Å². The van der Waals surface area contributed by atoms with Crippen LogP contribution in [0, 0.1) is 5.82 Å². The molecule has 1 fully saturated rings. The first-order valence-corrected chi connectivity index (χ1v) is 11.5. The molecule has 162 valence electrons. The lowest BCUT2D eigenvalue weighted by molar-refractivity contribution is 0.383. The molecule has 0 saturated carbocycles. The molecule has 0 radical (unpaired) electrons. The van der Waals surface area contributed by atoms with Gasteiger partial charge in [-0.3, -0.25) is 4.79 Å². The smallest absolute Gasteiger partial charge is 0.291 e. The summed E-state index contributed by atoms with van der Waals surface area (Å²) in [5, 5.41) is 3.80. The monoisotopic (exact) mass is 482 g/mol. The highest BCUT2D eigenvalue weighted by Crippen LogP contribution is 2.24. The largest absolute Gasteiger partial charge is 0.367 e. The van der Waals surface area contributed by atoms with E-state index in [0.29, 0.717) is 24.5 Å². The maximum Gasteiger partial charge on any atom is 0.291 e. The van der Waals surface area contributed by atoms with Crippen LogP contribution >= 0.6 is 23.2 Å². The summed E-state index contributed by atoms with van der Waals surface area (Å²) in [7, 11) is -3.74. The molecule has 3 aromatic rings. The molecule has 0 N–H and O–H groups in total. The predicted molar refractivity (Wildman–Crippen MR) is 117 cm³/mol. The van der Waals surface area contributed by atoms with Gasteiger partial charge < -0.3 is 4.90 Å². The van der Waals surface area contributed by atoms with E-state index in [1.54, 1.807) is 18.2 Å². The van der Waals surface area contributed by atoms with Gasteiger partial charge in [0.15, 0.2) is 0 Å². The third-order valence-electron chi connectivity index (χ3n) is 5.03. The minimum atomic E-state index is -3.74. The second kappa shape index (κ2) is 8.58. The van der Waals surface area contributed by atoms with Crippen LogP contribution in [0.15, 0.2) is 64.4 Å². The van der Waals surface area contributed by atoms with Crippen LogP contribution in [0.2, 0.25) is 10.0 Å². The fourth-order valence-corrected chi connectivity index (χ4v) is 5.06. The Labute approximate surface area is 188 Å². The van der Waals surface area contributed by atoms with Crippen LogP contribution in [-0.2, 0) is 10.0 Å². The van der Waals surface area contributed by atoms with Crippen molar-refractivity contribution in [1.82, 2.24) is 14.1 Å². The van der Waals surface area contributed by atoms with Gasteiger partial charge in [-0.25, -0.2) is 12.8 Å². The molecule has 2 aromatic carbocycles. The van der Waals surface area contributed by atoms with Gasteiger partial charge in [0.25, 0.3) is 5.56 Å². The lowest BCUT2D eigenvalue weighted by atomic mass is 10.2. The van der Waals surface area contributed by atoms with Gasteiger partial charge in [-0.1, -0.05) is 35.3 Å². The Balaban J connectivity index is 1.52. The number of hydrogen-bond donors (Lipinski definition) is 0. The van der Waals surface area contributed by atoms with Crippen molar-refractivity contribution in [3.63, 3.8) is 0 Å². The van der Waals surface area contributed by atoms with E-state index in [2.05, 4.69) is 5.10 Å². The Hall–Kier alpha value is -2.46. The zero-order valence-corrected chi connectivity index (χ0v) is 18.4. The Kier molecular flexibility index (Phi) is 6.02. The van der Waals surface area contributed by atoms with Crippen LogP contribution in [0.5, 0.6) is 0 Å². The van der Waals surface area contributed by atoms with Crippen LogP contribution in [0.25, 0.3) is 5.69 Å². The minimum Gasteiger partial charge on any atom is -0.367 e. The summed E-state index contributed by atoms with van der Waals surface area (Å²) in [4.78, 5) is 14.1. The quantitative estimate of drug-likeness (QED) is 0.570. The van der Waals surface area contributed by atoms with E-state index < -0.39 is 15.6 Å². The van der Waals surface area contributed by atoms with Crippen LogP contribution in [0.4, 0.5) is 10.1 Å². The molecule has 0 spiro atoms. The molecule has 0 bridgehead atoms. The maximum absolute atomic E-state index is 14.0. The van der Waals surface area contributed by atoms with Crippen molar-refractivity contribution in [2.75, 3.05) is 31.1 Å². The van der Waals surface area contributed by atoms with Crippen molar-refractivity contribution in [3.05, 3.63) is 80.9 Å². The number of rotatable bonds is 4. The van der Waals surface area contributed by atoms with E-state index in [1.807, 2.05) is 4.90 Å². The highest BCUT2D eigenvalue weighted by atomic mass is 35.5. The molecule has 2 heterocycles. The van der Waals surface area contributed by atoms with Crippen LogP contribution < -0.4 is 10.5 Å². The SMILES string of the molecule is O=c1c(Cl)c(Cl)cnn1-c1ccc(S(=O)(=O)N2CCN(c3ccccc3F)CC2)cc1. The van der Waals surface area contributed by atoms with Gasteiger partial charge in [-0.2, -0.15) is 14.1 Å². The van der Waals surface area contributed by atoms with Gasteiger partial charge in [-0.05, 0) is 36.4 Å². The van der Waals surface area contributed by atoms with Gasteiger partial charge in [0.2, 0.25) is 10.0 Å². The molecule has 31 heavy (non-hydrogen) atoms. The summed E-state index contributed by atoms with van der Waals surface area (Å²) in [6.45, 7) is 1.21. The van der Waals surface area contributed by atoms with E-state index in [-0.39, 0.29) is 33.8 Å². The molecule has 11 heteroatoms. The molecule has 1 aromatic heterocycles. The highest BCUT2D eigenvalue weighted by molar-refractivity contribution is 7.89. The summed E-state index contributed by atoms with van der Waals surface area (Å²) in [5.74, 6) is -0.333. The first kappa shape index (κ1) is 21.8. The first-order valence-electron chi connectivity index (χ1n) is 9.32. The molecule has 1 aliphatic heterocycles. The summed E-state index contributed by atoms with van der Waals surface area (Å²) >= 11 is 11.7. The van der Waals surface area contributed by atoms with Gasteiger partial charge >= 0.3 is 0 Å². The predicted octanol–water partition coefficient (Wildman–Crippen LogP) is 3.19. The lowest BCUT2D eigenvalue weighted by Crippen LogP contribution is -2.48. The van der Waals surface area contributed by atoms with Gasteiger partial charge in [0.05, 0.1) is 27.5 Å². The van der Waals surface area contributed by atoms with Crippen molar-refractivity contribution in [1.29, 1.82) is 0 Å². The topological polar surface area (TPSA) is 75.5 Å². The number of aromatic nitrogens is 2. The second-order valence-corrected chi connectivity index (χ2v) is 9.58. The van der Waals surface area contributed by atoms with Crippen molar-refractivity contribution >= 4 is 38.9 Å². The zero-order valence-electron chi connectivity index (χ0n) is 16.1. The fourth-order valence-electron chi connectivity index (χ4n) is 3.38. The lowest BCUT2D eigenvalue weighted by Gasteiger charge is -2.35. The summed E-state index contributed by atoms with van der Waals surface area (Å²) in [6, 6.07) is 12.2. The maximum atomic E-state index is 14.0. The summed E-state index contributed by atoms with van der Waals surface area (Å²) < 4.78 is 42.5. The standard InChI is InChI=1S/C20H17Cl2FN4O3S/c21-16-13-24-27(20(28)19(16)22)14-5-7-15(8-6-14)31(29,30)26-11-9-25(10-12-26)18-4-2-1-3-17(18)23/h1-8,13H,9-12H2. The number of benzene rings is 2. The van der Waals surface area contributed by atoms with Crippen molar-refractivity contribution < 1.29 is 12.8 Å². The molecular weight excluding hydrogens is 466 g/mol. The van der Waals surface area contributed by atoms with Gasteiger partial charge in [0, 0.05) is 26.2 Å². The fraction of sp³-hybridized carbons (Fsp3) is 0.200. The Morgan fingerprint density at radius 2 is 1.58 bits per heavy atom. The number of nitrogens with zero attached hydrogens (tertiary/aromatic N) is 4. The number of hydrogen-bond acceptors (Lipinski definition) is 5. The molecule has 1 saturated heterocycles. The van der Waals surface area contributed by atoms with E-state index >= 15 is 0 Å². The highest BCUT2D eigenvalue weighted by Gasteiger charge is 2.29. The summed E-state index contributed by atoms with van der Waals surface area (Å²) in [6.07, 6.45) is 1.24. The molecule has 0 amide bonds. The molecule has 0 aliphatic carbocycles. The molecule has 7 nitrogen and oxygen atoms in total. The average molecular weight is 483 g/mol. The van der Waals surface area contributed by atoms with E-state index in [4.69, 9.17) is 23.2 Å². The van der Waals surface area contributed by atoms with E-state index in [1.165, 1.54) is 40.8 Å². The first-order chi connectivity index (χ1) is 14.8. The number of para-hydroxylation sites is 1.